The summed E-state index contributed by atoms with van der Waals surface area (Å²) < 4.78 is 0. The smallest absolute Gasteiger partial charge is 0.224 e. The number of rotatable bonds is 3. The Bertz CT molecular complexity index is 482. The van der Waals surface area contributed by atoms with Crippen LogP contribution in [0.1, 0.15) is 63.0 Å². The van der Waals surface area contributed by atoms with Gasteiger partial charge in [-0.3, -0.25) is 9.78 Å². The van der Waals surface area contributed by atoms with E-state index in [0.717, 1.165) is 50.6 Å². The molecule has 2 N–H and O–H groups in total. The molecule has 1 aliphatic heterocycles. The molecule has 2 fully saturated rings. The second-order valence-corrected chi connectivity index (χ2v) is 6.63. The monoisotopic (exact) mass is 287 g/mol. The summed E-state index contributed by atoms with van der Waals surface area (Å²) in [6.45, 7) is 0.856. The molecule has 1 atom stereocenters. The third-order valence-corrected chi connectivity index (χ3v) is 4.99. The molecule has 4 nitrogen and oxygen atoms in total. The number of carbonyl (C=O) groups excluding carboxylic acids is 1. The normalized spacial score (nSPS) is 25.0. The number of hydrogen-bond acceptors (Lipinski definition) is 3. The van der Waals surface area contributed by atoms with Crippen molar-refractivity contribution in [2.24, 2.45) is 5.73 Å². The van der Waals surface area contributed by atoms with E-state index in [1.807, 2.05) is 17.2 Å². The molecule has 1 saturated carbocycles. The number of aromatic nitrogens is 1. The Balaban J connectivity index is 1.68. The van der Waals surface area contributed by atoms with Crippen molar-refractivity contribution in [1.82, 2.24) is 9.88 Å². The summed E-state index contributed by atoms with van der Waals surface area (Å²) in [7, 11) is 0. The van der Waals surface area contributed by atoms with Crippen molar-refractivity contribution in [3.05, 3.63) is 30.1 Å². The third-order valence-electron chi connectivity index (χ3n) is 4.99. The Morgan fingerprint density at radius 1 is 1.33 bits per heavy atom. The van der Waals surface area contributed by atoms with E-state index in [4.69, 9.17) is 5.73 Å². The standard InChI is InChI=1S/C17H25N3O/c18-17(8-2-1-3-9-17)12-16(21)20-11-5-7-15(20)14-6-4-10-19-13-14/h4,6,10,13,15H,1-3,5,7-9,11-12,18H2. The van der Waals surface area contributed by atoms with Crippen molar-refractivity contribution in [3.63, 3.8) is 0 Å². The van der Waals surface area contributed by atoms with E-state index in [1.54, 1.807) is 6.20 Å². The number of carbonyl (C=O) groups is 1. The number of pyridine rings is 1. The fourth-order valence-electron chi connectivity index (χ4n) is 3.82. The lowest BCUT2D eigenvalue weighted by Crippen LogP contribution is -2.46. The highest BCUT2D eigenvalue weighted by Crippen LogP contribution is 2.35. The summed E-state index contributed by atoms with van der Waals surface area (Å²) in [4.78, 5) is 18.9. The molecule has 1 saturated heterocycles. The first-order valence-electron chi connectivity index (χ1n) is 8.16. The quantitative estimate of drug-likeness (QED) is 0.930. The van der Waals surface area contributed by atoms with Gasteiger partial charge < -0.3 is 10.6 Å². The molecule has 4 heteroatoms. The molecule has 0 aromatic carbocycles. The van der Waals surface area contributed by atoms with Crippen LogP contribution in [0.15, 0.2) is 24.5 Å². The number of likely N-dealkylation sites (tertiary alicyclic amines) is 1. The maximum atomic E-state index is 12.7. The van der Waals surface area contributed by atoms with Gasteiger partial charge in [-0.15, -0.1) is 0 Å². The molecule has 0 radical (unpaired) electrons. The van der Waals surface area contributed by atoms with Gasteiger partial charge in [0, 0.05) is 30.9 Å². The minimum Gasteiger partial charge on any atom is -0.336 e. The average Bonchev–Trinajstić information content (AvgIpc) is 2.98. The first kappa shape index (κ1) is 14.5. The molecule has 0 bridgehead atoms. The maximum Gasteiger partial charge on any atom is 0.224 e. The van der Waals surface area contributed by atoms with E-state index in [1.165, 1.54) is 6.42 Å². The molecule has 1 aromatic rings. The van der Waals surface area contributed by atoms with E-state index < -0.39 is 0 Å². The van der Waals surface area contributed by atoms with Crippen molar-refractivity contribution in [2.45, 2.75) is 62.9 Å². The lowest BCUT2D eigenvalue weighted by atomic mass is 9.80. The molecule has 2 heterocycles. The van der Waals surface area contributed by atoms with Crippen molar-refractivity contribution in [2.75, 3.05) is 6.54 Å². The van der Waals surface area contributed by atoms with Gasteiger partial charge in [0.2, 0.25) is 5.91 Å². The molecule has 1 aliphatic carbocycles. The van der Waals surface area contributed by atoms with E-state index in [-0.39, 0.29) is 17.5 Å². The van der Waals surface area contributed by atoms with Gasteiger partial charge in [-0.25, -0.2) is 0 Å². The van der Waals surface area contributed by atoms with Gasteiger partial charge in [0.15, 0.2) is 0 Å². The van der Waals surface area contributed by atoms with Crippen LogP contribution in [0.25, 0.3) is 0 Å². The van der Waals surface area contributed by atoms with Crippen molar-refractivity contribution >= 4 is 5.91 Å². The topological polar surface area (TPSA) is 59.2 Å². The van der Waals surface area contributed by atoms with Gasteiger partial charge in [-0.1, -0.05) is 25.3 Å². The van der Waals surface area contributed by atoms with Crippen LogP contribution in [-0.4, -0.2) is 27.9 Å². The third kappa shape index (κ3) is 3.26. The first-order chi connectivity index (χ1) is 10.2. The average molecular weight is 287 g/mol. The predicted octanol–water partition coefficient (Wildman–Crippen LogP) is 2.80. The Morgan fingerprint density at radius 2 is 2.14 bits per heavy atom. The number of nitrogens with two attached hydrogens (primary N) is 1. The second-order valence-electron chi connectivity index (χ2n) is 6.63. The van der Waals surface area contributed by atoms with Crippen LogP contribution in [0.3, 0.4) is 0 Å². The van der Waals surface area contributed by atoms with Crippen LogP contribution < -0.4 is 5.73 Å². The Labute approximate surface area is 126 Å². The lowest BCUT2D eigenvalue weighted by Gasteiger charge is -2.35. The van der Waals surface area contributed by atoms with Gasteiger partial charge in [0.1, 0.15) is 0 Å². The summed E-state index contributed by atoms with van der Waals surface area (Å²) in [5.41, 5.74) is 7.34. The highest BCUT2D eigenvalue weighted by Gasteiger charge is 2.36. The highest BCUT2D eigenvalue weighted by atomic mass is 16.2. The maximum absolute atomic E-state index is 12.7. The van der Waals surface area contributed by atoms with E-state index in [9.17, 15) is 4.79 Å². The summed E-state index contributed by atoms with van der Waals surface area (Å²) >= 11 is 0. The Kier molecular flexibility index (Phi) is 4.24. The SMILES string of the molecule is NC1(CC(=O)N2CCCC2c2cccnc2)CCCCC1. The van der Waals surface area contributed by atoms with Crippen LogP contribution in [-0.2, 0) is 4.79 Å². The van der Waals surface area contributed by atoms with Crippen LogP contribution in [0.5, 0.6) is 0 Å². The zero-order chi connectivity index (χ0) is 14.7. The fourth-order valence-corrected chi connectivity index (χ4v) is 3.82. The molecule has 114 valence electrons. The molecular weight excluding hydrogens is 262 g/mol. The second kappa shape index (κ2) is 6.14. The zero-order valence-corrected chi connectivity index (χ0v) is 12.6. The number of hydrogen-bond donors (Lipinski definition) is 1. The number of amides is 1. The Hall–Kier alpha value is -1.42. The van der Waals surface area contributed by atoms with Gasteiger partial charge in [-0.2, -0.15) is 0 Å². The molecule has 2 aliphatic rings. The minimum absolute atomic E-state index is 0.193. The molecule has 1 aromatic heterocycles. The Morgan fingerprint density at radius 3 is 2.86 bits per heavy atom. The van der Waals surface area contributed by atoms with Crippen LogP contribution in [0, 0.1) is 0 Å². The molecule has 3 rings (SSSR count). The van der Waals surface area contributed by atoms with Gasteiger partial charge in [0.25, 0.3) is 0 Å². The lowest BCUT2D eigenvalue weighted by molar-refractivity contribution is -0.133. The van der Waals surface area contributed by atoms with E-state index in [2.05, 4.69) is 11.1 Å². The van der Waals surface area contributed by atoms with E-state index in [0.29, 0.717) is 6.42 Å². The van der Waals surface area contributed by atoms with Crippen LogP contribution in [0.2, 0.25) is 0 Å². The molecular formula is C17H25N3O. The zero-order valence-electron chi connectivity index (χ0n) is 12.6. The molecule has 1 unspecified atom stereocenters. The van der Waals surface area contributed by atoms with Gasteiger partial charge in [0.05, 0.1) is 6.04 Å². The fraction of sp³-hybridized carbons (Fsp3) is 0.647. The summed E-state index contributed by atoms with van der Waals surface area (Å²) in [6, 6.07) is 4.21. The van der Waals surface area contributed by atoms with Crippen LogP contribution >= 0.6 is 0 Å². The largest absolute Gasteiger partial charge is 0.336 e. The van der Waals surface area contributed by atoms with Crippen LogP contribution in [0.4, 0.5) is 0 Å². The molecule has 0 spiro atoms. The van der Waals surface area contributed by atoms with Gasteiger partial charge in [-0.05, 0) is 37.3 Å². The highest BCUT2D eigenvalue weighted by molar-refractivity contribution is 5.78. The van der Waals surface area contributed by atoms with Gasteiger partial charge >= 0.3 is 0 Å². The summed E-state index contributed by atoms with van der Waals surface area (Å²) in [6.07, 6.45) is 11.8. The predicted molar refractivity (Wildman–Crippen MR) is 82.5 cm³/mol. The molecule has 1 amide bonds. The summed E-state index contributed by atoms with van der Waals surface area (Å²) in [5.74, 6) is 0.228. The first-order valence-corrected chi connectivity index (χ1v) is 8.16. The van der Waals surface area contributed by atoms with Crippen molar-refractivity contribution in [1.29, 1.82) is 0 Å². The van der Waals surface area contributed by atoms with E-state index >= 15 is 0 Å². The van der Waals surface area contributed by atoms with Crippen molar-refractivity contribution < 1.29 is 4.79 Å². The molecule has 21 heavy (non-hydrogen) atoms. The minimum atomic E-state index is -0.266. The number of nitrogens with zero attached hydrogens (tertiary/aromatic N) is 2. The summed E-state index contributed by atoms with van der Waals surface area (Å²) in [5, 5.41) is 0. The van der Waals surface area contributed by atoms with Crippen molar-refractivity contribution in [3.8, 4) is 0 Å².